The SMILES string of the molecule is CN=C(OC)c1ccc(OC)c(OC)c1OC. The molecule has 0 heterocycles. The van der Waals surface area contributed by atoms with E-state index in [0.29, 0.717) is 23.1 Å². The molecule has 0 amide bonds. The zero-order valence-corrected chi connectivity index (χ0v) is 10.7. The molecule has 0 saturated carbocycles. The van der Waals surface area contributed by atoms with Crippen molar-refractivity contribution in [3.63, 3.8) is 0 Å². The van der Waals surface area contributed by atoms with Crippen molar-refractivity contribution in [2.75, 3.05) is 35.5 Å². The Morgan fingerprint density at radius 1 is 0.941 bits per heavy atom. The van der Waals surface area contributed by atoms with Crippen molar-refractivity contribution >= 4 is 5.90 Å². The number of hydrogen-bond acceptors (Lipinski definition) is 5. The van der Waals surface area contributed by atoms with Gasteiger partial charge in [-0.05, 0) is 12.1 Å². The Morgan fingerprint density at radius 3 is 2.00 bits per heavy atom. The van der Waals surface area contributed by atoms with Crippen LogP contribution in [0.1, 0.15) is 5.56 Å². The van der Waals surface area contributed by atoms with Crippen molar-refractivity contribution in [3.8, 4) is 17.2 Å². The number of nitrogens with zero attached hydrogens (tertiary/aromatic N) is 1. The summed E-state index contributed by atoms with van der Waals surface area (Å²) in [7, 11) is 7.89. The highest BCUT2D eigenvalue weighted by Gasteiger charge is 2.19. The molecule has 0 radical (unpaired) electrons. The highest BCUT2D eigenvalue weighted by atomic mass is 16.5. The molecule has 0 atom stereocenters. The van der Waals surface area contributed by atoms with Crippen molar-refractivity contribution < 1.29 is 18.9 Å². The third-order valence-corrected chi connectivity index (χ3v) is 2.33. The van der Waals surface area contributed by atoms with Crippen molar-refractivity contribution in [3.05, 3.63) is 17.7 Å². The highest BCUT2D eigenvalue weighted by Crippen LogP contribution is 2.39. The summed E-state index contributed by atoms with van der Waals surface area (Å²) in [5.74, 6) is 2.13. The molecular weight excluding hydrogens is 222 g/mol. The predicted molar refractivity (Wildman–Crippen MR) is 65.6 cm³/mol. The van der Waals surface area contributed by atoms with Gasteiger partial charge in [-0.25, -0.2) is 0 Å². The van der Waals surface area contributed by atoms with Gasteiger partial charge in [-0.1, -0.05) is 0 Å². The molecule has 0 aliphatic rings. The molecule has 0 N–H and O–H groups in total. The summed E-state index contributed by atoms with van der Waals surface area (Å²) < 4.78 is 21.0. The number of methoxy groups -OCH3 is 4. The first kappa shape index (κ1) is 13.2. The summed E-state index contributed by atoms with van der Waals surface area (Å²) in [5, 5.41) is 0. The molecule has 0 fully saturated rings. The summed E-state index contributed by atoms with van der Waals surface area (Å²) in [5.41, 5.74) is 0.718. The Kier molecular flexibility index (Phi) is 4.63. The Labute approximate surface area is 101 Å². The first-order valence-electron chi connectivity index (χ1n) is 5.03. The fourth-order valence-electron chi connectivity index (χ4n) is 1.59. The van der Waals surface area contributed by atoms with Crippen LogP contribution < -0.4 is 14.2 Å². The van der Waals surface area contributed by atoms with Gasteiger partial charge < -0.3 is 18.9 Å². The van der Waals surface area contributed by atoms with Gasteiger partial charge in [-0.3, -0.25) is 4.99 Å². The molecule has 1 aromatic carbocycles. The van der Waals surface area contributed by atoms with E-state index in [1.807, 2.05) is 6.07 Å². The molecule has 0 unspecified atom stereocenters. The van der Waals surface area contributed by atoms with Crippen LogP contribution in [0, 0.1) is 0 Å². The van der Waals surface area contributed by atoms with Crippen LogP contribution in [0.25, 0.3) is 0 Å². The topological polar surface area (TPSA) is 49.3 Å². The van der Waals surface area contributed by atoms with Crippen LogP contribution in [-0.4, -0.2) is 41.4 Å². The second-order valence-corrected chi connectivity index (χ2v) is 3.11. The quantitative estimate of drug-likeness (QED) is 0.593. The highest BCUT2D eigenvalue weighted by molar-refractivity contribution is 5.98. The third-order valence-electron chi connectivity index (χ3n) is 2.33. The van der Waals surface area contributed by atoms with Gasteiger partial charge in [-0.15, -0.1) is 0 Å². The molecular formula is C12H17NO4. The fourth-order valence-corrected chi connectivity index (χ4v) is 1.59. The molecule has 1 rings (SSSR count). The average Bonchev–Trinajstić information content (AvgIpc) is 2.39. The standard InChI is InChI=1S/C12H17NO4/c1-13-12(17-5)8-6-7-9(14-2)11(16-4)10(8)15-3/h6-7H,1-5H3. The van der Waals surface area contributed by atoms with Crippen LogP contribution >= 0.6 is 0 Å². The van der Waals surface area contributed by atoms with Crippen LogP contribution in [0.3, 0.4) is 0 Å². The zero-order valence-electron chi connectivity index (χ0n) is 10.7. The van der Waals surface area contributed by atoms with Crippen molar-refractivity contribution in [2.45, 2.75) is 0 Å². The van der Waals surface area contributed by atoms with E-state index in [2.05, 4.69) is 4.99 Å². The first-order valence-corrected chi connectivity index (χ1v) is 5.03. The number of benzene rings is 1. The fraction of sp³-hybridized carbons (Fsp3) is 0.417. The van der Waals surface area contributed by atoms with Gasteiger partial charge in [0.25, 0.3) is 0 Å². The van der Waals surface area contributed by atoms with Crippen LogP contribution in [-0.2, 0) is 4.74 Å². The van der Waals surface area contributed by atoms with Crippen LogP contribution in [0.15, 0.2) is 17.1 Å². The van der Waals surface area contributed by atoms with Gasteiger partial charge in [0.05, 0.1) is 34.0 Å². The van der Waals surface area contributed by atoms with E-state index in [1.165, 1.54) is 0 Å². The van der Waals surface area contributed by atoms with Gasteiger partial charge >= 0.3 is 0 Å². The van der Waals surface area contributed by atoms with Crippen molar-refractivity contribution in [2.24, 2.45) is 4.99 Å². The maximum absolute atomic E-state index is 5.33. The molecule has 0 aromatic heterocycles. The molecule has 0 saturated heterocycles. The lowest BCUT2D eigenvalue weighted by molar-refractivity contribution is 0.322. The molecule has 0 spiro atoms. The van der Waals surface area contributed by atoms with Crippen molar-refractivity contribution in [1.82, 2.24) is 0 Å². The lowest BCUT2D eigenvalue weighted by Crippen LogP contribution is -2.07. The number of rotatable bonds is 4. The van der Waals surface area contributed by atoms with E-state index in [-0.39, 0.29) is 0 Å². The van der Waals surface area contributed by atoms with E-state index >= 15 is 0 Å². The molecule has 0 bridgehead atoms. The monoisotopic (exact) mass is 239 g/mol. The second-order valence-electron chi connectivity index (χ2n) is 3.11. The lowest BCUT2D eigenvalue weighted by atomic mass is 10.1. The Morgan fingerprint density at radius 2 is 1.59 bits per heavy atom. The summed E-state index contributed by atoms with van der Waals surface area (Å²) in [6, 6.07) is 3.59. The maximum Gasteiger partial charge on any atom is 0.219 e. The molecule has 17 heavy (non-hydrogen) atoms. The molecule has 1 aromatic rings. The van der Waals surface area contributed by atoms with E-state index in [0.717, 1.165) is 5.56 Å². The van der Waals surface area contributed by atoms with Gasteiger partial charge in [0.2, 0.25) is 11.6 Å². The van der Waals surface area contributed by atoms with Crippen molar-refractivity contribution in [1.29, 1.82) is 0 Å². The van der Waals surface area contributed by atoms with Crippen LogP contribution in [0.2, 0.25) is 0 Å². The van der Waals surface area contributed by atoms with E-state index in [1.54, 1.807) is 41.6 Å². The maximum atomic E-state index is 5.33. The van der Waals surface area contributed by atoms with Gasteiger partial charge in [-0.2, -0.15) is 0 Å². The number of ether oxygens (including phenoxy) is 4. The van der Waals surface area contributed by atoms with Gasteiger partial charge in [0.1, 0.15) is 0 Å². The smallest absolute Gasteiger partial charge is 0.219 e. The van der Waals surface area contributed by atoms with Crippen LogP contribution in [0.5, 0.6) is 17.2 Å². The Hall–Kier alpha value is -1.91. The summed E-state index contributed by atoms with van der Waals surface area (Å²) in [6.45, 7) is 0. The normalized spacial score (nSPS) is 11.0. The second kappa shape index (κ2) is 5.98. The minimum Gasteiger partial charge on any atom is -0.493 e. The van der Waals surface area contributed by atoms with Gasteiger partial charge in [0.15, 0.2) is 11.5 Å². The molecule has 0 aliphatic carbocycles. The molecule has 94 valence electrons. The Bertz CT molecular complexity index is 415. The van der Waals surface area contributed by atoms with E-state index in [4.69, 9.17) is 18.9 Å². The summed E-state index contributed by atoms with van der Waals surface area (Å²) >= 11 is 0. The van der Waals surface area contributed by atoms with E-state index < -0.39 is 0 Å². The largest absolute Gasteiger partial charge is 0.493 e. The predicted octanol–water partition coefficient (Wildman–Crippen LogP) is 1.74. The average molecular weight is 239 g/mol. The molecule has 0 aliphatic heterocycles. The van der Waals surface area contributed by atoms with E-state index in [9.17, 15) is 0 Å². The number of hydrogen-bond donors (Lipinski definition) is 0. The zero-order chi connectivity index (χ0) is 12.8. The lowest BCUT2D eigenvalue weighted by Gasteiger charge is -2.15. The minimum atomic E-state index is 0.475. The molecule has 5 nitrogen and oxygen atoms in total. The summed E-state index contributed by atoms with van der Waals surface area (Å²) in [6.07, 6.45) is 0. The first-order chi connectivity index (χ1) is 8.23. The number of aliphatic imine (C=N–C) groups is 1. The minimum absolute atomic E-state index is 0.475. The Balaban J connectivity index is 3.43. The van der Waals surface area contributed by atoms with Gasteiger partial charge in [0, 0.05) is 7.05 Å². The van der Waals surface area contributed by atoms with Crippen LogP contribution in [0.4, 0.5) is 0 Å². The summed E-state index contributed by atoms with van der Waals surface area (Å²) in [4.78, 5) is 4.03. The third kappa shape index (κ3) is 2.43. The molecule has 5 heteroatoms.